The number of ketones is 1. The highest BCUT2D eigenvalue weighted by molar-refractivity contribution is 6.32. The Bertz CT molecular complexity index is 1370. The molecule has 1 aromatic heterocycles. The van der Waals surface area contributed by atoms with Crippen molar-refractivity contribution < 1.29 is 23.1 Å². The van der Waals surface area contributed by atoms with Gasteiger partial charge in [0.25, 0.3) is 0 Å². The van der Waals surface area contributed by atoms with E-state index in [9.17, 15) is 18.4 Å². The molecule has 6 nitrogen and oxygen atoms in total. The maximum absolute atomic E-state index is 13.1. The van der Waals surface area contributed by atoms with E-state index in [0.29, 0.717) is 35.1 Å². The predicted octanol–water partition coefficient (Wildman–Crippen LogP) is 5.35. The number of carbonyl (C=O) groups is 2. The SMILES string of the molecule is Nc1ccc(/C=C/C(=O)NCC2Cc3cc(-c4ccc(C(=O)C5CC(F)(F)C5)cc4)cc(Cl)c3O2)cn1. The van der Waals surface area contributed by atoms with Crippen LogP contribution < -0.4 is 15.8 Å². The van der Waals surface area contributed by atoms with E-state index in [1.807, 2.05) is 6.07 Å². The molecular formula is C28H24ClF2N3O3. The first kappa shape index (κ1) is 24.9. The number of nitrogens with two attached hydrogens (primary N) is 1. The molecule has 1 aliphatic heterocycles. The van der Waals surface area contributed by atoms with Crippen LogP contribution in [0.25, 0.3) is 17.2 Å². The van der Waals surface area contributed by atoms with Crippen LogP contribution >= 0.6 is 11.6 Å². The summed E-state index contributed by atoms with van der Waals surface area (Å²) in [5.74, 6) is -2.85. The van der Waals surface area contributed by atoms with Gasteiger partial charge in [0.15, 0.2) is 5.78 Å². The highest BCUT2D eigenvalue weighted by atomic mass is 35.5. The van der Waals surface area contributed by atoms with Gasteiger partial charge in [-0.2, -0.15) is 0 Å². The zero-order valence-electron chi connectivity index (χ0n) is 19.7. The minimum absolute atomic E-state index is 0.247. The summed E-state index contributed by atoms with van der Waals surface area (Å²) in [6, 6.07) is 14.1. The summed E-state index contributed by atoms with van der Waals surface area (Å²) in [7, 11) is 0. The molecule has 0 radical (unpaired) electrons. The van der Waals surface area contributed by atoms with E-state index in [1.54, 1.807) is 54.7 Å². The molecule has 1 unspecified atom stereocenters. The first-order chi connectivity index (χ1) is 17.7. The Morgan fingerprint density at radius 3 is 2.57 bits per heavy atom. The standard InChI is InChI=1S/C28H24ClF2N3O3/c29-23-11-19(17-3-5-18(6-4-17)26(36)21-12-28(30,31)13-21)9-20-10-22(37-27(20)23)15-34-25(35)8-2-16-1-7-24(32)33-14-16/h1-9,11,14,21-22H,10,12-13,15H2,(H2,32,33)(H,34,35)/b8-2+. The second-order valence-corrected chi connectivity index (χ2v) is 9.80. The van der Waals surface area contributed by atoms with Crippen LogP contribution in [0.5, 0.6) is 5.75 Å². The van der Waals surface area contributed by atoms with Crippen molar-refractivity contribution in [3.05, 3.63) is 82.5 Å². The molecule has 2 heterocycles. The first-order valence-corrected chi connectivity index (χ1v) is 12.2. The summed E-state index contributed by atoms with van der Waals surface area (Å²) in [4.78, 5) is 28.6. The molecule has 3 N–H and O–H groups in total. The zero-order chi connectivity index (χ0) is 26.2. The van der Waals surface area contributed by atoms with Crippen LogP contribution in [0.1, 0.15) is 34.3 Å². The molecule has 1 aliphatic carbocycles. The van der Waals surface area contributed by atoms with Crippen molar-refractivity contribution in [3.63, 3.8) is 0 Å². The number of ether oxygens (including phenoxy) is 1. The number of amides is 1. The third kappa shape index (κ3) is 5.64. The number of Topliss-reactive ketones (excluding diaryl/α,β-unsaturated/α-hetero) is 1. The molecule has 190 valence electrons. The summed E-state index contributed by atoms with van der Waals surface area (Å²) in [5, 5.41) is 3.28. The molecule has 0 spiro atoms. The number of benzene rings is 2. The zero-order valence-corrected chi connectivity index (χ0v) is 20.5. The minimum Gasteiger partial charge on any atom is -0.486 e. The van der Waals surface area contributed by atoms with Crippen molar-refractivity contribution in [1.29, 1.82) is 0 Å². The second kappa shape index (κ2) is 9.94. The lowest BCUT2D eigenvalue weighted by Crippen LogP contribution is -2.39. The number of alkyl halides is 2. The van der Waals surface area contributed by atoms with E-state index in [0.717, 1.165) is 22.3 Å². The third-order valence-electron chi connectivity index (χ3n) is 6.56. The Morgan fingerprint density at radius 1 is 1.14 bits per heavy atom. The number of hydrogen-bond donors (Lipinski definition) is 2. The van der Waals surface area contributed by atoms with Crippen LogP contribution in [-0.4, -0.2) is 35.2 Å². The van der Waals surface area contributed by atoms with Crippen molar-refractivity contribution in [1.82, 2.24) is 10.3 Å². The lowest BCUT2D eigenvalue weighted by atomic mass is 9.76. The van der Waals surface area contributed by atoms with E-state index < -0.39 is 11.8 Å². The van der Waals surface area contributed by atoms with Crippen LogP contribution in [-0.2, 0) is 11.2 Å². The van der Waals surface area contributed by atoms with Gasteiger partial charge in [-0.25, -0.2) is 13.8 Å². The minimum atomic E-state index is -2.73. The molecular weight excluding hydrogens is 500 g/mol. The average molecular weight is 524 g/mol. The van der Waals surface area contributed by atoms with Gasteiger partial charge in [0.1, 0.15) is 17.7 Å². The molecule has 1 amide bonds. The summed E-state index contributed by atoms with van der Waals surface area (Å²) in [5.41, 5.74) is 9.36. The Labute approximate surface area is 217 Å². The molecule has 2 aliphatic rings. The highest BCUT2D eigenvalue weighted by Crippen LogP contribution is 2.44. The number of halogens is 3. The van der Waals surface area contributed by atoms with Gasteiger partial charge in [-0.05, 0) is 47.0 Å². The Hall–Kier alpha value is -3.78. The van der Waals surface area contributed by atoms with Crippen LogP contribution in [0.2, 0.25) is 5.02 Å². The Morgan fingerprint density at radius 2 is 1.89 bits per heavy atom. The van der Waals surface area contributed by atoms with Gasteiger partial charge in [0, 0.05) is 48.6 Å². The lowest BCUT2D eigenvalue weighted by molar-refractivity contribution is -0.116. The van der Waals surface area contributed by atoms with Crippen molar-refractivity contribution in [2.45, 2.75) is 31.3 Å². The first-order valence-electron chi connectivity index (χ1n) is 11.9. The molecule has 2 aromatic carbocycles. The largest absolute Gasteiger partial charge is 0.486 e. The van der Waals surface area contributed by atoms with Gasteiger partial charge in [0.05, 0.1) is 11.6 Å². The van der Waals surface area contributed by atoms with Crippen molar-refractivity contribution in [3.8, 4) is 16.9 Å². The number of nitrogen functional groups attached to an aromatic ring is 1. The average Bonchev–Trinajstić information content (AvgIpc) is 3.29. The summed E-state index contributed by atoms with van der Waals surface area (Å²) in [6.45, 7) is 0.306. The van der Waals surface area contributed by atoms with Crippen LogP contribution in [0.3, 0.4) is 0 Å². The lowest BCUT2D eigenvalue weighted by Gasteiger charge is -2.33. The topological polar surface area (TPSA) is 94.3 Å². The predicted molar refractivity (Wildman–Crippen MR) is 138 cm³/mol. The number of nitrogens with one attached hydrogen (secondary N) is 1. The van der Waals surface area contributed by atoms with Gasteiger partial charge in [-0.1, -0.05) is 35.9 Å². The van der Waals surface area contributed by atoms with E-state index in [1.165, 1.54) is 6.08 Å². The quantitative estimate of drug-likeness (QED) is 0.322. The molecule has 5 rings (SSSR count). The highest BCUT2D eigenvalue weighted by Gasteiger charge is 2.48. The fourth-order valence-electron chi connectivity index (χ4n) is 4.54. The Kier molecular flexibility index (Phi) is 6.69. The van der Waals surface area contributed by atoms with Gasteiger partial charge in [0.2, 0.25) is 11.8 Å². The number of carbonyl (C=O) groups excluding carboxylic acids is 2. The van der Waals surface area contributed by atoms with Gasteiger partial charge < -0.3 is 15.8 Å². The molecule has 37 heavy (non-hydrogen) atoms. The maximum Gasteiger partial charge on any atom is 0.249 e. The number of nitrogens with zero attached hydrogens (tertiary/aromatic N) is 1. The van der Waals surface area contributed by atoms with E-state index in [-0.39, 0.29) is 30.6 Å². The molecule has 1 fully saturated rings. The monoisotopic (exact) mass is 523 g/mol. The Balaban J connectivity index is 1.19. The van der Waals surface area contributed by atoms with Crippen LogP contribution in [0.15, 0.2) is 60.8 Å². The summed E-state index contributed by atoms with van der Waals surface area (Å²) < 4.78 is 32.2. The van der Waals surface area contributed by atoms with E-state index in [2.05, 4.69) is 10.3 Å². The number of pyridine rings is 1. The second-order valence-electron chi connectivity index (χ2n) is 9.39. The van der Waals surface area contributed by atoms with E-state index >= 15 is 0 Å². The smallest absolute Gasteiger partial charge is 0.249 e. The number of rotatable bonds is 7. The number of aromatic nitrogens is 1. The summed E-state index contributed by atoms with van der Waals surface area (Å²) >= 11 is 6.49. The number of hydrogen-bond acceptors (Lipinski definition) is 5. The molecule has 3 aromatic rings. The third-order valence-corrected chi connectivity index (χ3v) is 6.84. The van der Waals surface area contributed by atoms with Gasteiger partial charge in [-0.3, -0.25) is 9.59 Å². The van der Waals surface area contributed by atoms with E-state index in [4.69, 9.17) is 22.1 Å². The fourth-order valence-corrected chi connectivity index (χ4v) is 4.82. The van der Waals surface area contributed by atoms with Crippen LogP contribution in [0, 0.1) is 5.92 Å². The normalized spacial score (nSPS) is 18.2. The maximum atomic E-state index is 13.1. The van der Waals surface area contributed by atoms with Gasteiger partial charge >= 0.3 is 0 Å². The molecule has 0 saturated heterocycles. The van der Waals surface area contributed by atoms with Crippen LogP contribution in [0.4, 0.5) is 14.6 Å². The fraction of sp³-hybridized carbons (Fsp3) is 0.250. The van der Waals surface area contributed by atoms with Gasteiger partial charge in [-0.15, -0.1) is 0 Å². The van der Waals surface area contributed by atoms with Crippen molar-refractivity contribution in [2.24, 2.45) is 5.92 Å². The molecule has 1 atom stereocenters. The number of fused-ring (bicyclic) bond motifs is 1. The van der Waals surface area contributed by atoms with Crippen molar-refractivity contribution in [2.75, 3.05) is 12.3 Å². The molecule has 9 heteroatoms. The summed E-state index contributed by atoms with van der Waals surface area (Å²) in [6.07, 6.45) is 4.19. The van der Waals surface area contributed by atoms with Crippen molar-refractivity contribution >= 4 is 35.2 Å². The molecule has 0 bridgehead atoms. The molecule has 1 saturated carbocycles. The number of anilines is 1.